The molecule has 0 aliphatic carbocycles. The summed E-state index contributed by atoms with van der Waals surface area (Å²) >= 11 is 0. The Bertz CT molecular complexity index is 1530. The van der Waals surface area contributed by atoms with Gasteiger partial charge in [-0.15, -0.1) is 0 Å². The largest absolute Gasteiger partial charge is 0.495 e. The highest BCUT2D eigenvalue weighted by Crippen LogP contribution is 2.31. The van der Waals surface area contributed by atoms with Crippen LogP contribution in [-0.4, -0.2) is 29.9 Å². The number of fused-ring (bicyclic) bond motifs is 1. The van der Waals surface area contributed by atoms with Crippen LogP contribution in [0.15, 0.2) is 76.4 Å². The number of anilines is 2. The van der Waals surface area contributed by atoms with Gasteiger partial charge in [0.1, 0.15) is 11.1 Å². The Morgan fingerprint density at radius 2 is 2.00 bits per heavy atom. The monoisotopic (exact) mass is 532 g/mol. The van der Waals surface area contributed by atoms with Crippen LogP contribution in [0, 0.1) is 5.92 Å². The van der Waals surface area contributed by atoms with E-state index in [2.05, 4.69) is 20.3 Å². The third-order valence-electron chi connectivity index (χ3n) is 6.80. The first-order valence-corrected chi connectivity index (χ1v) is 12.7. The molecular formula is C30H34F2N6O. The van der Waals surface area contributed by atoms with E-state index >= 15 is 0 Å². The maximum absolute atomic E-state index is 13.5. The molecule has 0 fully saturated rings. The van der Waals surface area contributed by atoms with Crippen LogP contribution < -0.4 is 26.6 Å². The van der Waals surface area contributed by atoms with E-state index in [1.807, 2.05) is 61.1 Å². The van der Waals surface area contributed by atoms with Crippen molar-refractivity contribution in [3.63, 3.8) is 0 Å². The highest BCUT2D eigenvalue weighted by atomic mass is 19.3. The normalized spacial score (nSPS) is 16.3. The molecule has 0 amide bonds. The van der Waals surface area contributed by atoms with Crippen LogP contribution in [0.1, 0.15) is 43.5 Å². The molecule has 204 valence electrons. The Labute approximate surface area is 227 Å². The maximum atomic E-state index is 13.5. The van der Waals surface area contributed by atoms with E-state index in [0.29, 0.717) is 23.7 Å². The lowest BCUT2D eigenvalue weighted by molar-refractivity contribution is 0.0174. The molecule has 2 heterocycles. The molecule has 1 aliphatic heterocycles. The van der Waals surface area contributed by atoms with E-state index in [1.165, 1.54) is 12.1 Å². The fraction of sp³-hybridized carbons (Fsp3) is 0.300. The van der Waals surface area contributed by atoms with E-state index < -0.39 is 5.92 Å². The van der Waals surface area contributed by atoms with Crippen molar-refractivity contribution < 1.29 is 13.5 Å². The summed E-state index contributed by atoms with van der Waals surface area (Å²) in [5.74, 6) is -1.85. The Morgan fingerprint density at radius 3 is 2.64 bits per heavy atom. The number of hydrogen-bond acceptors (Lipinski definition) is 6. The summed E-state index contributed by atoms with van der Waals surface area (Å²) in [5, 5.41) is 4.05. The van der Waals surface area contributed by atoms with E-state index in [-0.39, 0.29) is 17.5 Å². The number of ether oxygens (including phenoxy) is 1. The first-order chi connectivity index (χ1) is 18.7. The second kappa shape index (κ2) is 11.6. The molecule has 2 atom stereocenters. The molecule has 0 saturated carbocycles. The lowest BCUT2D eigenvalue weighted by Gasteiger charge is -2.18. The number of imidazole rings is 1. The topological polar surface area (TPSA) is 89.8 Å². The average Bonchev–Trinajstić information content (AvgIpc) is 3.09. The number of hydrogen-bond donors (Lipinski definition) is 2. The van der Waals surface area contributed by atoms with Gasteiger partial charge in [-0.2, -0.15) is 0 Å². The standard InChI is InChI=1S/C30H34F2N6O/c1-6-21(18-34-4)23-13-14-35-28-26(15-23)37-29(33)38(28)19(2)22-9-12-25(27(16-22)39-5)36-17-20-7-10-24(11-8-20)30(3,31)32/h6-16,18-19,23,36H,17H2,1-5H3,(H2,33,37)/b21-6+,34-18-. The predicted molar refractivity (Wildman–Crippen MR) is 153 cm³/mol. The smallest absolute Gasteiger partial charge is 0.270 e. The Morgan fingerprint density at radius 1 is 1.26 bits per heavy atom. The van der Waals surface area contributed by atoms with Gasteiger partial charge >= 0.3 is 0 Å². The maximum Gasteiger partial charge on any atom is 0.270 e. The SMILES string of the molecule is C/C=C(\C=N/C)C1C=CN=c2c(nc(N)n2C(C)c2ccc(NCc3ccc(C(C)(F)F)cc3)c(OC)c2)=C1. The number of allylic oxidation sites excluding steroid dienone is 3. The number of nitrogens with zero attached hydrogens (tertiary/aromatic N) is 4. The number of methoxy groups -OCH3 is 1. The number of benzene rings is 2. The van der Waals surface area contributed by atoms with Crippen molar-refractivity contribution in [2.24, 2.45) is 15.9 Å². The molecule has 9 heteroatoms. The van der Waals surface area contributed by atoms with Crippen LogP contribution in [0.5, 0.6) is 5.75 Å². The number of aliphatic imine (C=N–C) groups is 1. The molecule has 2 aromatic carbocycles. The van der Waals surface area contributed by atoms with Crippen LogP contribution in [0.2, 0.25) is 0 Å². The van der Waals surface area contributed by atoms with Gasteiger partial charge in [0.25, 0.3) is 5.92 Å². The average molecular weight is 533 g/mol. The minimum atomic E-state index is -2.86. The summed E-state index contributed by atoms with van der Waals surface area (Å²) in [7, 11) is 3.36. The summed E-state index contributed by atoms with van der Waals surface area (Å²) < 4.78 is 34.6. The number of rotatable bonds is 9. The summed E-state index contributed by atoms with van der Waals surface area (Å²) in [4.78, 5) is 13.4. The van der Waals surface area contributed by atoms with Crippen molar-refractivity contribution in [2.45, 2.75) is 39.3 Å². The van der Waals surface area contributed by atoms with Gasteiger partial charge in [-0.1, -0.05) is 42.5 Å². The van der Waals surface area contributed by atoms with Crippen molar-refractivity contribution in [3.8, 4) is 5.75 Å². The molecule has 7 nitrogen and oxygen atoms in total. The first-order valence-electron chi connectivity index (χ1n) is 12.7. The second-order valence-corrected chi connectivity index (χ2v) is 9.46. The zero-order valence-electron chi connectivity index (χ0n) is 22.8. The summed E-state index contributed by atoms with van der Waals surface area (Å²) in [6.45, 7) is 5.37. The van der Waals surface area contributed by atoms with Crippen LogP contribution in [-0.2, 0) is 12.5 Å². The predicted octanol–water partition coefficient (Wildman–Crippen LogP) is 5.00. The lowest BCUT2D eigenvalue weighted by atomic mass is 9.99. The molecular weight excluding hydrogens is 498 g/mol. The molecule has 0 bridgehead atoms. The molecule has 39 heavy (non-hydrogen) atoms. The number of nitrogens with one attached hydrogen (secondary N) is 1. The second-order valence-electron chi connectivity index (χ2n) is 9.46. The van der Waals surface area contributed by atoms with Gasteiger partial charge in [0.2, 0.25) is 5.95 Å². The van der Waals surface area contributed by atoms with Crippen LogP contribution in [0.3, 0.4) is 0 Å². The van der Waals surface area contributed by atoms with E-state index in [0.717, 1.165) is 34.7 Å². The molecule has 3 aromatic rings. The van der Waals surface area contributed by atoms with Gasteiger partial charge in [0.05, 0.1) is 18.8 Å². The third kappa shape index (κ3) is 6.08. The van der Waals surface area contributed by atoms with E-state index in [9.17, 15) is 8.78 Å². The van der Waals surface area contributed by atoms with Gasteiger partial charge in [-0.05, 0) is 48.8 Å². The van der Waals surface area contributed by atoms with Gasteiger partial charge in [0.15, 0.2) is 5.49 Å². The fourth-order valence-corrected chi connectivity index (χ4v) is 4.60. The number of nitrogen functional groups attached to an aromatic ring is 1. The number of aromatic nitrogens is 2. The summed E-state index contributed by atoms with van der Waals surface area (Å²) in [6.07, 6.45) is 9.69. The molecule has 4 rings (SSSR count). The summed E-state index contributed by atoms with van der Waals surface area (Å²) in [6, 6.07) is 12.0. The highest BCUT2D eigenvalue weighted by molar-refractivity contribution is 5.81. The molecule has 0 radical (unpaired) electrons. The zero-order valence-corrected chi connectivity index (χ0v) is 22.8. The first kappa shape index (κ1) is 27.8. The Balaban J connectivity index is 1.59. The van der Waals surface area contributed by atoms with Gasteiger partial charge in [-0.3, -0.25) is 9.56 Å². The van der Waals surface area contributed by atoms with Gasteiger partial charge < -0.3 is 15.8 Å². The highest BCUT2D eigenvalue weighted by Gasteiger charge is 2.23. The van der Waals surface area contributed by atoms with E-state index in [1.54, 1.807) is 32.5 Å². The van der Waals surface area contributed by atoms with Crippen LogP contribution in [0.25, 0.3) is 6.08 Å². The Hall–Kier alpha value is -4.27. The quantitative estimate of drug-likeness (QED) is 0.380. The van der Waals surface area contributed by atoms with Gasteiger partial charge in [-0.25, -0.2) is 18.8 Å². The van der Waals surface area contributed by atoms with Crippen molar-refractivity contribution in [1.29, 1.82) is 0 Å². The molecule has 1 aliphatic rings. The molecule has 0 spiro atoms. The van der Waals surface area contributed by atoms with Crippen LogP contribution >= 0.6 is 0 Å². The number of nitrogens with two attached hydrogens (primary N) is 1. The lowest BCUT2D eigenvalue weighted by Crippen LogP contribution is -2.32. The molecule has 2 unspecified atom stereocenters. The Kier molecular flexibility index (Phi) is 8.28. The van der Waals surface area contributed by atoms with Crippen molar-refractivity contribution in [3.05, 3.63) is 93.9 Å². The molecule has 1 aromatic heterocycles. The number of halogens is 2. The van der Waals surface area contributed by atoms with Gasteiger partial charge in [0, 0.05) is 44.4 Å². The number of alkyl halides is 2. The third-order valence-corrected chi connectivity index (χ3v) is 6.80. The zero-order chi connectivity index (χ0) is 28.2. The minimum Gasteiger partial charge on any atom is -0.495 e. The van der Waals surface area contributed by atoms with Crippen molar-refractivity contribution in [1.82, 2.24) is 9.55 Å². The fourth-order valence-electron chi connectivity index (χ4n) is 4.60. The molecule has 3 N–H and O–H groups in total. The van der Waals surface area contributed by atoms with Crippen molar-refractivity contribution in [2.75, 3.05) is 25.2 Å². The molecule has 0 saturated heterocycles. The minimum absolute atomic E-state index is 0.00809. The van der Waals surface area contributed by atoms with Crippen LogP contribution in [0.4, 0.5) is 20.4 Å². The summed E-state index contributed by atoms with van der Waals surface area (Å²) in [5.41, 5.74) is 10.7. The van der Waals surface area contributed by atoms with Crippen molar-refractivity contribution >= 4 is 23.9 Å². The van der Waals surface area contributed by atoms with E-state index in [4.69, 9.17) is 10.5 Å².